The number of likely N-dealkylation sites (N-methyl/N-ethyl adjacent to an activating group) is 1. The first-order valence-electron chi connectivity index (χ1n) is 4.01. The predicted octanol–water partition coefficient (Wildman–Crippen LogP) is -0.376. The lowest BCUT2D eigenvalue weighted by Gasteiger charge is -2.22. The van der Waals surface area contributed by atoms with Gasteiger partial charge in [-0.05, 0) is 6.08 Å². The van der Waals surface area contributed by atoms with Crippen molar-refractivity contribution >= 4 is 12.1 Å². The van der Waals surface area contributed by atoms with Gasteiger partial charge in [0.25, 0.3) is 0 Å². The van der Waals surface area contributed by atoms with E-state index in [0.29, 0.717) is 12.6 Å². The van der Waals surface area contributed by atoms with Crippen molar-refractivity contribution in [2.75, 3.05) is 13.6 Å². The summed E-state index contributed by atoms with van der Waals surface area (Å²) in [4.78, 5) is 10.7. The standard InChI is InChI=1S/C8H12N4/c1-12-5-10-8-7(12)3-2-6(4-9)11-8/h2-3,5,7-8H,4,9H2,1H3. The maximum absolute atomic E-state index is 5.47. The second kappa shape index (κ2) is 2.71. The molecule has 2 unspecified atom stereocenters. The van der Waals surface area contributed by atoms with Crippen molar-refractivity contribution in [2.45, 2.75) is 12.2 Å². The second-order valence-corrected chi connectivity index (χ2v) is 3.02. The summed E-state index contributed by atoms with van der Waals surface area (Å²) in [6.07, 6.45) is 5.94. The molecule has 2 heterocycles. The van der Waals surface area contributed by atoms with Gasteiger partial charge in [0, 0.05) is 13.6 Å². The van der Waals surface area contributed by atoms with Gasteiger partial charge in [-0.2, -0.15) is 0 Å². The molecule has 4 nitrogen and oxygen atoms in total. The van der Waals surface area contributed by atoms with Crippen LogP contribution in [0.2, 0.25) is 0 Å². The van der Waals surface area contributed by atoms with E-state index in [4.69, 9.17) is 5.73 Å². The second-order valence-electron chi connectivity index (χ2n) is 3.02. The van der Waals surface area contributed by atoms with Crippen molar-refractivity contribution in [3.8, 4) is 0 Å². The zero-order valence-electron chi connectivity index (χ0n) is 7.01. The summed E-state index contributed by atoms with van der Waals surface area (Å²) >= 11 is 0. The molecule has 12 heavy (non-hydrogen) atoms. The summed E-state index contributed by atoms with van der Waals surface area (Å²) in [6.45, 7) is 0.499. The molecule has 2 rings (SSSR count). The zero-order valence-corrected chi connectivity index (χ0v) is 7.01. The number of nitrogens with zero attached hydrogens (tertiary/aromatic N) is 3. The Morgan fingerprint density at radius 1 is 1.67 bits per heavy atom. The van der Waals surface area contributed by atoms with Crippen LogP contribution in [-0.2, 0) is 0 Å². The monoisotopic (exact) mass is 164 g/mol. The molecule has 2 atom stereocenters. The number of dihydropyridines is 1. The predicted molar refractivity (Wildman–Crippen MR) is 49.5 cm³/mol. The van der Waals surface area contributed by atoms with E-state index in [9.17, 15) is 0 Å². The summed E-state index contributed by atoms with van der Waals surface area (Å²) in [5, 5.41) is 0. The number of hydrogen-bond donors (Lipinski definition) is 1. The Hall–Kier alpha value is -1.16. The third-order valence-electron chi connectivity index (χ3n) is 2.17. The maximum atomic E-state index is 5.47. The van der Waals surface area contributed by atoms with E-state index in [0.717, 1.165) is 5.71 Å². The molecular weight excluding hydrogens is 152 g/mol. The van der Waals surface area contributed by atoms with E-state index in [1.54, 1.807) is 0 Å². The highest BCUT2D eigenvalue weighted by Crippen LogP contribution is 2.17. The fourth-order valence-corrected chi connectivity index (χ4v) is 1.44. The highest BCUT2D eigenvalue weighted by Gasteiger charge is 2.27. The Morgan fingerprint density at radius 3 is 3.25 bits per heavy atom. The topological polar surface area (TPSA) is 54.0 Å². The quantitative estimate of drug-likeness (QED) is 0.574. The van der Waals surface area contributed by atoms with Crippen molar-refractivity contribution in [3.63, 3.8) is 0 Å². The van der Waals surface area contributed by atoms with Crippen LogP contribution in [0.25, 0.3) is 0 Å². The molecule has 0 aromatic rings. The first-order chi connectivity index (χ1) is 5.81. The minimum atomic E-state index is 0.0403. The molecule has 0 aromatic heterocycles. The van der Waals surface area contributed by atoms with Gasteiger partial charge < -0.3 is 10.6 Å². The molecule has 0 aliphatic carbocycles. The third-order valence-corrected chi connectivity index (χ3v) is 2.17. The van der Waals surface area contributed by atoms with Crippen LogP contribution in [0.15, 0.2) is 22.1 Å². The normalized spacial score (nSPS) is 32.2. The molecule has 0 saturated carbocycles. The molecular formula is C8H12N4. The van der Waals surface area contributed by atoms with E-state index in [1.165, 1.54) is 0 Å². The van der Waals surface area contributed by atoms with E-state index in [-0.39, 0.29) is 6.17 Å². The van der Waals surface area contributed by atoms with Gasteiger partial charge in [0.1, 0.15) is 0 Å². The van der Waals surface area contributed by atoms with Gasteiger partial charge in [0.2, 0.25) is 0 Å². The van der Waals surface area contributed by atoms with Crippen LogP contribution >= 0.6 is 0 Å². The van der Waals surface area contributed by atoms with E-state index in [1.807, 2.05) is 19.5 Å². The Kier molecular flexibility index (Phi) is 1.69. The van der Waals surface area contributed by atoms with Gasteiger partial charge in [-0.3, -0.25) is 4.99 Å². The summed E-state index contributed by atoms with van der Waals surface area (Å²) in [6, 6.07) is 0.306. The zero-order chi connectivity index (χ0) is 8.55. The van der Waals surface area contributed by atoms with Gasteiger partial charge in [-0.25, -0.2) is 4.99 Å². The number of fused-ring (bicyclic) bond motifs is 1. The van der Waals surface area contributed by atoms with Gasteiger partial charge in [0.05, 0.1) is 18.1 Å². The summed E-state index contributed by atoms with van der Waals surface area (Å²) in [5.74, 6) is 0. The summed E-state index contributed by atoms with van der Waals surface area (Å²) in [5.41, 5.74) is 6.41. The minimum Gasteiger partial charge on any atom is -0.355 e. The lowest BCUT2D eigenvalue weighted by Crippen LogP contribution is -2.34. The number of nitrogens with two attached hydrogens (primary N) is 1. The Morgan fingerprint density at radius 2 is 2.50 bits per heavy atom. The fourth-order valence-electron chi connectivity index (χ4n) is 1.44. The number of hydrogen-bond acceptors (Lipinski definition) is 4. The lowest BCUT2D eigenvalue weighted by atomic mass is 10.1. The van der Waals surface area contributed by atoms with Crippen LogP contribution in [0.5, 0.6) is 0 Å². The lowest BCUT2D eigenvalue weighted by molar-refractivity contribution is 0.420. The van der Waals surface area contributed by atoms with Crippen molar-refractivity contribution in [1.82, 2.24) is 4.90 Å². The third kappa shape index (κ3) is 1.04. The highest BCUT2D eigenvalue weighted by atomic mass is 15.3. The van der Waals surface area contributed by atoms with E-state index in [2.05, 4.69) is 21.0 Å². The van der Waals surface area contributed by atoms with Crippen LogP contribution in [0.4, 0.5) is 0 Å². The Balaban J connectivity index is 2.20. The first kappa shape index (κ1) is 7.49. The van der Waals surface area contributed by atoms with E-state index >= 15 is 0 Å². The van der Waals surface area contributed by atoms with Crippen molar-refractivity contribution in [3.05, 3.63) is 12.2 Å². The molecule has 0 aromatic carbocycles. The maximum Gasteiger partial charge on any atom is 0.165 e. The molecule has 2 aliphatic rings. The largest absolute Gasteiger partial charge is 0.355 e. The molecule has 0 spiro atoms. The SMILES string of the molecule is CN1C=NC2N=C(CN)C=CC21. The number of aliphatic imine (C=N–C) groups is 2. The van der Waals surface area contributed by atoms with Crippen LogP contribution in [0, 0.1) is 0 Å². The minimum absolute atomic E-state index is 0.0403. The van der Waals surface area contributed by atoms with Crippen molar-refractivity contribution in [1.29, 1.82) is 0 Å². The average Bonchev–Trinajstić information content (AvgIpc) is 2.47. The van der Waals surface area contributed by atoms with Gasteiger partial charge in [0.15, 0.2) is 6.17 Å². The van der Waals surface area contributed by atoms with Gasteiger partial charge in [-0.15, -0.1) is 0 Å². The highest BCUT2D eigenvalue weighted by molar-refractivity contribution is 5.97. The molecule has 0 saturated heterocycles. The molecule has 2 N–H and O–H groups in total. The average molecular weight is 164 g/mol. The first-order valence-corrected chi connectivity index (χ1v) is 4.01. The molecule has 2 aliphatic heterocycles. The molecule has 64 valence electrons. The van der Waals surface area contributed by atoms with Crippen molar-refractivity contribution in [2.24, 2.45) is 15.7 Å². The smallest absolute Gasteiger partial charge is 0.165 e. The number of rotatable bonds is 1. The van der Waals surface area contributed by atoms with Crippen LogP contribution < -0.4 is 5.73 Å². The molecule has 0 bridgehead atoms. The fraction of sp³-hybridized carbons (Fsp3) is 0.500. The van der Waals surface area contributed by atoms with Gasteiger partial charge in [-0.1, -0.05) is 6.08 Å². The van der Waals surface area contributed by atoms with Crippen molar-refractivity contribution < 1.29 is 0 Å². The Labute approximate surface area is 71.5 Å². The van der Waals surface area contributed by atoms with Gasteiger partial charge >= 0.3 is 0 Å². The van der Waals surface area contributed by atoms with Crippen LogP contribution in [0.1, 0.15) is 0 Å². The van der Waals surface area contributed by atoms with Crippen LogP contribution in [-0.4, -0.2) is 42.8 Å². The van der Waals surface area contributed by atoms with Crippen LogP contribution in [0.3, 0.4) is 0 Å². The summed E-state index contributed by atoms with van der Waals surface area (Å²) in [7, 11) is 2.00. The summed E-state index contributed by atoms with van der Waals surface area (Å²) < 4.78 is 0. The Bertz CT molecular complexity index is 266. The molecule has 0 radical (unpaired) electrons. The van der Waals surface area contributed by atoms with E-state index < -0.39 is 0 Å². The molecule has 0 fully saturated rings. The molecule has 4 heteroatoms. The molecule has 0 amide bonds.